The molecule has 1 aromatic carbocycles. The predicted octanol–water partition coefficient (Wildman–Crippen LogP) is 1.29. The van der Waals surface area contributed by atoms with Crippen LogP contribution >= 0.6 is 27.5 Å². The number of aliphatic hydroxyl groups is 1. The molecule has 128 valence electrons. The first-order valence-electron chi connectivity index (χ1n) is 7.37. The molecule has 0 radical (unpaired) electrons. The summed E-state index contributed by atoms with van der Waals surface area (Å²) in [5, 5.41) is 13.0. The molecule has 1 aliphatic heterocycles. The van der Waals surface area contributed by atoms with Crippen molar-refractivity contribution in [1.82, 2.24) is 10.2 Å². The molecular formula is C15H20BrClN2O4. The van der Waals surface area contributed by atoms with Crippen LogP contribution in [-0.4, -0.2) is 68.0 Å². The summed E-state index contributed by atoms with van der Waals surface area (Å²) in [7, 11) is 0. The maximum Gasteiger partial charge on any atom is 0.258 e. The number of hydrogen-bond acceptors (Lipinski definition) is 5. The fourth-order valence-electron chi connectivity index (χ4n) is 2.16. The number of hydrogen-bond donors (Lipinski definition) is 2. The minimum absolute atomic E-state index is 0.147. The number of aliphatic hydroxyl groups excluding tert-OH is 1. The van der Waals surface area contributed by atoms with Crippen LogP contribution in [0.15, 0.2) is 22.7 Å². The van der Waals surface area contributed by atoms with Gasteiger partial charge in [0.15, 0.2) is 6.61 Å². The van der Waals surface area contributed by atoms with Crippen LogP contribution in [0, 0.1) is 0 Å². The van der Waals surface area contributed by atoms with Crippen LogP contribution in [0.2, 0.25) is 5.02 Å². The Kier molecular flexibility index (Phi) is 7.58. The van der Waals surface area contributed by atoms with E-state index in [1.54, 1.807) is 18.2 Å². The number of morpholine rings is 1. The van der Waals surface area contributed by atoms with Crippen molar-refractivity contribution in [1.29, 1.82) is 0 Å². The number of halogens is 2. The smallest absolute Gasteiger partial charge is 0.258 e. The van der Waals surface area contributed by atoms with Gasteiger partial charge in [0, 0.05) is 30.7 Å². The molecule has 0 bridgehead atoms. The van der Waals surface area contributed by atoms with Crippen molar-refractivity contribution in [3.8, 4) is 5.75 Å². The van der Waals surface area contributed by atoms with E-state index in [-0.39, 0.29) is 19.1 Å². The van der Waals surface area contributed by atoms with E-state index >= 15 is 0 Å². The predicted molar refractivity (Wildman–Crippen MR) is 90.9 cm³/mol. The second kappa shape index (κ2) is 9.44. The fraction of sp³-hybridized carbons (Fsp3) is 0.533. The van der Waals surface area contributed by atoms with Crippen molar-refractivity contribution < 1.29 is 19.4 Å². The van der Waals surface area contributed by atoms with Crippen LogP contribution in [-0.2, 0) is 9.53 Å². The van der Waals surface area contributed by atoms with Crippen molar-refractivity contribution in [2.75, 3.05) is 46.0 Å². The summed E-state index contributed by atoms with van der Waals surface area (Å²) in [4.78, 5) is 13.9. The normalized spacial score (nSPS) is 16.8. The van der Waals surface area contributed by atoms with E-state index in [0.717, 1.165) is 17.6 Å². The summed E-state index contributed by atoms with van der Waals surface area (Å²) in [6.45, 7) is 3.52. The number of nitrogens with zero attached hydrogens (tertiary/aromatic N) is 1. The molecule has 1 saturated heterocycles. The van der Waals surface area contributed by atoms with Gasteiger partial charge < -0.3 is 19.9 Å². The Hall–Kier alpha value is -0.860. The van der Waals surface area contributed by atoms with E-state index in [1.165, 1.54) is 0 Å². The SMILES string of the molecule is O=C(COc1ccc(Br)cc1Cl)NCC(O)CN1CCOCC1. The standard InChI is InChI=1S/C15H20BrClN2O4/c16-11-1-2-14(13(17)7-11)23-10-15(21)18-8-12(20)9-19-3-5-22-6-4-19/h1-2,7,12,20H,3-6,8-10H2,(H,18,21). The Balaban J connectivity index is 1.66. The van der Waals surface area contributed by atoms with Gasteiger partial charge in [-0.15, -0.1) is 0 Å². The second-order valence-electron chi connectivity index (χ2n) is 5.23. The van der Waals surface area contributed by atoms with Crippen LogP contribution in [0.4, 0.5) is 0 Å². The zero-order valence-corrected chi connectivity index (χ0v) is 15.0. The Morgan fingerprint density at radius 3 is 2.91 bits per heavy atom. The highest BCUT2D eigenvalue weighted by atomic mass is 79.9. The number of carbonyl (C=O) groups is 1. The number of ether oxygens (including phenoxy) is 2. The van der Waals surface area contributed by atoms with Gasteiger partial charge in [0.1, 0.15) is 5.75 Å². The molecule has 1 aromatic rings. The monoisotopic (exact) mass is 406 g/mol. The minimum atomic E-state index is -0.617. The van der Waals surface area contributed by atoms with Gasteiger partial charge in [-0.2, -0.15) is 0 Å². The van der Waals surface area contributed by atoms with Crippen molar-refractivity contribution in [3.63, 3.8) is 0 Å². The highest BCUT2D eigenvalue weighted by Crippen LogP contribution is 2.27. The summed E-state index contributed by atoms with van der Waals surface area (Å²) >= 11 is 9.31. The zero-order valence-electron chi connectivity index (χ0n) is 12.6. The quantitative estimate of drug-likeness (QED) is 0.713. The van der Waals surface area contributed by atoms with Crippen LogP contribution in [0.5, 0.6) is 5.75 Å². The van der Waals surface area contributed by atoms with Crippen LogP contribution < -0.4 is 10.1 Å². The van der Waals surface area contributed by atoms with Gasteiger partial charge in [0.05, 0.1) is 24.3 Å². The summed E-state index contributed by atoms with van der Waals surface area (Å²) in [6.07, 6.45) is -0.617. The topological polar surface area (TPSA) is 71.0 Å². The Morgan fingerprint density at radius 1 is 1.48 bits per heavy atom. The van der Waals surface area contributed by atoms with Gasteiger partial charge in [0.2, 0.25) is 0 Å². The lowest BCUT2D eigenvalue weighted by molar-refractivity contribution is -0.123. The van der Waals surface area contributed by atoms with Gasteiger partial charge in [-0.1, -0.05) is 27.5 Å². The highest BCUT2D eigenvalue weighted by Gasteiger charge is 2.15. The number of rotatable bonds is 7. The Bertz CT molecular complexity index is 526. The largest absolute Gasteiger partial charge is 0.482 e. The van der Waals surface area contributed by atoms with E-state index in [9.17, 15) is 9.90 Å². The molecule has 1 atom stereocenters. The fourth-order valence-corrected chi connectivity index (χ4v) is 2.89. The number of benzene rings is 1. The molecule has 0 aliphatic carbocycles. The van der Waals surface area contributed by atoms with Crippen molar-refractivity contribution in [2.45, 2.75) is 6.10 Å². The van der Waals surface area contributed by atoms with Gasteiger partial charge in [-0.25, -0.2) is 0 Å². The van der Waals surface area contributed by atoms with Gasteiger partial charge in [-0.05, 0) is 18.2 Å². The molecule has 0 spiro atoms. The van der Waals surface area contributed by atoms with Gasteiger partial charge in [-0.3, -0.25) is 9.69 Å². The van der Waals surface area contributed by atoms with E-state index < -0.39 is 6.10 Å². The van der Waals surface area contributed by atoms with E-state index in [4.69, 9.17) is 21.1 Å². The van der Waals surface area contributed by atoms with E-state index in [2.05, 4.69) is 26.1 Å². The van der Waals surface area contributed by atoms with Crippen LogP contribution in [0.1, 0.15) is 0 Å². The average molecular weight is 408 g/mol. The molecule has 0 aromatic heterocycles. The molecule has 1 amide bonds. The molecule has 2 rings (SSSR count). The summed E-state index contributed by atoms with van der Waals surface area (Å²) in [5.74, 6) is 0.142. The second-order valence-corrected chi connectivity index (χ2v) is 6.56. The van der Waals surface area contributed by atoms with Crippen molar-refractivity contribution in [3.05, 3.63) is 27.7 Å². The lowest BCUT2D eigenvalue weighted by Crippen LogP contribution is -2.45. The lowest BCUT2D eigenvalue weighted by Gasteiger charge is -2.28. The number of carbonyl (C=O) groups excluding carboxylic acids is 1. The number of nitrogens with one attached hydrogen (secondary N) is 1. The van der Waals surface area contributed by atoms with Crippen molar-refractivity contribution in [2.24, 2.45) is 0 Å². The summed E-state index contributed by atoms with van der Waals surface area (Å²) < 4.78 is 11.4. The molecule has 1 aliphatic rings. The third-order valence-corrected chi connectivity index (χ3v) is 4.15. The highest BCUT2D eigenvalue weighted by molar-refractivity contribution is 9.10. The summed E-state index contributed by atoms with van der Waals surface area (Å²) in [5.41, 5.74) is 0. The first kappa shape index (κ1) is 18.5. The first-order valence-corrected chi connectivity index (χ1v) is 8.54. The molecule has 1 heterocycles. The third kappa shape index (κ3) is 6.64. The maximum absolute atomic E-state index is 11.8. The van der Waals surface area contributed by atoms with Crippen molar-refractivity contribution >= 4 is 33.4 Å². The first-order chi connectivity index (χ1) is 11.0. The minimum Gasteiger partial charge on any atom is -0.482 e. The summed E-state index contributed by atoms with van der Waals surface area (Å²) in [6, 6.07) is 5.17. The molecule has 1 unspecified atom stereocenters. The zero-order chi connectivity index (χ0) is 16.7. The maximum atomic E-state index is 11.8. The molecular weight excluding hydrogens is 388 g/mol. The molecule has 0 saturated carbocycles. The Morgan fingerprint density at radius 2 is 2.22 bits per heavy atom. The molecule has 1 fully saturated rings. The number of β-amino-alcohol motifs (C(OH)–C–C–N with tert-alkyl or cyclic N) is 1. The van der Waals surface area contributed by atoms with Gasteiger partial charge in [0.25, 0.3) is 5.91 Å². The average Bonchev–Trinajstić information content (AvgIpc) is 2.53. The van der Waals surface area contributed by atoms with Gasteiger partial charge >= 0.3 is 0 Å². The van der Waals surface area contributed by atoms with Crippen LogP contribution in [0.25, 0.3) is 0 Å². The molecule has 2 N–H and O–H groups in total. The van der Waals surface area contributed by atoms with E-state index in [0.29, 0.717) is 30.5 Å². The number of amides is 1. The lowest BCUT2D eigenvalue weighted by atomic mass is 10.3. The molecule has 8 heteroatoms. The molecule has 23 heavy (non-hydrogen) atoms. The third-order valence-electron chi connectivity index (χ3n) is 3.36. The molecule has 6 nitrogen and oxygen atoms in total. The Labute approximate surface area is 148 Å². The van der Waals surface area contributed by atoms with Crippen LogP contribution in [0.3, 0.4) is 0 Å². The van der Waals surface area contributed by atoms with E-state index in [1.807, 2.05) is 0 Å².